The van der Waals surface area contributed by atoms with E-state index in [4.69, 9.17) is 44.9 Å². The SMILES string of the molecule is Nc1cc(Cl)c(Br)cc1C(=O)O.Nc1cc(Cl)c(Br)cc1CO.[B]. The van der Waals surface area contributed by atoms with E-state index in [1.54, 1.807) is 12.1 Å². The molecule has 6 N–H and O–H groups in total. The Morgan fingerprint density at radius 2 is 1.46 bits per heavy atom. The van der Waals surface area contributed by atoms with Crippen LogP contribution in [0.4, 0.5) is 11.4 Å². The lowest BCUT2D eigenvalue weighted by molar-refractivity contribution is 0.0698. The number of rotatable bonds is 2. The molecule has 0 amide bonds. The number of aliphatic hydroxyl groups excluding tert-OH is 1. The average molecular weight is 498 g/mol. The topological polar surface area (TPSA) is 110 Å². The molecule has 0 atom stereocenters. The van der Waals surface area contributed by atoms with E-state index in [-0.39, 0.29) is 26.3 Å². The van der Waals surface area contributed by atoms with Crippen molar-refractivity contribution in [1.29, 1.82) is 0 Å². The number of hydrogen-bond donors (Lipinski definition) is 4. The van der Waals surface area contributed by atoms with Crippen LogP contribution in [0.15, 0.2) is 33.2 Å². The lowest BCUT2D eigenvalue weighted by Gasteiger charge is -2.03. The van der Waals surface area contributed by atoms with Crippen molar-refractivity contribution in [1.82, 2.24) is 0 Å². The first-order valence-corrected chi connectivity index (χ1v) is 8.33. The summed E-state index contributed by atoms with van der Waals surface area (Å²) in [6, 6.07) is 6.09. The van der Waals surface area contributed by atoms with Crippen molar-refractivity contribution in [2.24, 2.45) is 0 Å². The molecule has 0 aliphatic heterocycles. The Kier molecular flexibility index (Phi) is 9.76. The highest BCUT2D eigenvalue weighted by atomic mass is 79.9. The summed E-state index contributed by atoms with van der Waals surface area (Å²) in [5.74, 6) is -1.06. The van der Waals surface area contributed by atoms with Crippen LogP contribution in [0.25, 0.3) is 0 Å². The highest BCUT2D eigenvalue weighted by Gasteiger charge is 2.10. The van der Waals surface area contributed by atoms with Crippen LogP contribution in [0.3, 0.4) is 0 Å². The predicted octanol–water partition coefficient (Wildman–Crippen LogP) is 4.18. The van der Waals surface area contributed by atoms with Crippen molar-refractivity contribution in [2.45, 2.75) is 6.61 Å². The van der Waals surface area contributed by atoms with Gasteiger partial charge in [-0.3, -0.25) is 0 Å². The van der Waals surface area contributed by atoms with Crippen LogP contribution < -0.4 is 11.5 Å². The van der Waals surface area contributed by atoms with E-state index < -0.39 is 5.97 Å². The number of carbonyl (C=O) groups is 1. The van der Waals surface area contributed by atoms with Crippen molar-refractivity contribution in [3.63, 3.8) is 0 Å². The summed E-state index contributed by atoms with van der Waals surface area (Å²) in [5.41, 5.74) is 12.3. The summed E-state index contributed by atoms with van der Waals surface area (Å²) in [6.07, 6.45) is 0. The number of carboxylic acid groups (broad SMARTS) is 1. The Hall–Kier alpha value is -0.925. The van der Waals surface area contributed by atoms with Crippen molar-refractivity contribution < 1.29 is 15.0 Å². The minimum Gasteiger partial charge on any atom is -0.478 e. The molecule has 127 valence electrons. The number of nitrogen functional groups attached to an aromatic ring is 2. The van der Waals surface area contributed by atoms with E-state index >= 15 is 0 Å². The highest BCUT2D eigenvalue weighted by molar-refractivity contribution is 9.10. The van der Waals surface area contributed by atoms with Gasteiger partial charge in [-0.15, -0.1) is 0 Å². The van der Waals surface area contributed by atoms with Gasteiger partial charge in [0.1, 0.15) is 0 Å². The largest absolute Gasteiger partial charge is 0.478 e. The maximum atomic E-state index is 10.5. The van der Waals surface area contributed by atoms with Gasteiger partial charge in [0.15, 0.2) is 0 Å². The third kappa shape index (κ3) is 6.18. The molecule has 0 aliphatic carbocycles. The molecule has 0 heterocycles. The Bertz CT molecular complexity index is 748. The molecule has 0 aliphatic rings. The van der Waals surface area contributed by atoms with Gasteiger partial charge in [-0.25, -0.2) is 4.79 Å². The first-order chi connectivity index (χ1) is 10.7. The fourth-order valence-corrected chi connectivity index (χ4v) is 2.57. The molecule has 0 fully saturated rings. The van der Waals surface area contributed by atoms with Crippen LogP contribution in [-0.4, -0.2) is 24.6 Å². The Labute approximate surface area is 167 Å². The van der Waals surface area contributed by atoms with Gasteiger partial charge in [0.05, 0.1) is 22.2 Å². The van der Waals surface area contributed by atoms with Gasteiger partial charge < -0.3 is 21.7 Å². The van der Waals surface area contributed by atoms with E-state index in [1.165, 1.54) is 12.1 Å². The van der Waals surface area contributed by atoms with E-state index in [0.29, 0.717) is 25.8 Å². The quantitative estimate of drug-likeness (QED) is 0.368. The average Bonchev–Trinajstić information content (AvgIpc) is 2.47. The lowest BCUT2D eigenvalue weighted by Crippen LogP contribution is -2.02. The van der Waals surface area contributed by atoms with Gasteiger partial charge in [-0.1, -0.05) is 23.2 Å². The van der Waals surface area contributed by atoms with Crippen LogP contribution in [0.2, 0.25) is 10.0 Å². The van der Waals surface area contributed by atoms with Crippen molar-refractivity contribution in [3.8, 4) is 0 Å². The molecule has 0 unspecified atom stereocenters. The molecule has 10 heteroatoms. The molecule has 0 saturated carbocycles. The van der Waals surface area contributed by atoms with Crippen LogP contribution in [0, 0.1) is 0 Å². The Balaban J connectivity index is 0.000000425. The molecule has 0 saturated heterocycles. The zero-order valence-corrected chi connectivity index (χ0v) is 16.7. The van der Waals surface area contributed by atoms with Crippen LogP contribution in [-0.2, 0) is 6.61 Å². The number of anilines is 2. The summed E-state index contributed by atoms with van der Waals surface area (Å²) < 4.78 is 1.27. The molecule has 24 heavy (non-hydrogen) atoms. The summed E-state index contributed by atoms with van der Waals surface area (Å²) in [5, 5.41) is 18.4. The molecule has 5 nitrogen and oxygen atoms in total. The number of carboxylic acids is 1. The molecule has 2 aromatic carbocycles. The van der Waals surface area contributed by atoms with Gasteiger partial charge in [-0.2, -0.15) is 0 Å². The second-order valence-corrected chi connectivity index (χ2v) is 6.81. The van der Waals surface area contributed by atoms with Crippen molar-refractivity contribution in [2.75, 3.05) is 11.5 Å². The smallest absolute Gasteiger partial charge is 0.337 e. The molecular weight excluding hydrogens is 486 g/mol. The standard InChI is InChI=1S/C7H5BrClNO2.C7H7BrClNO.B/c8-4-1-3(7(11)12)6(10)2-5(4)9;8-5-1-4(3-11)7(10)2-6(5)9;/h1-2H,10H2,(H,11,12);1-2,11H,3,10H2;. The fraction of sp³-hybridized carbons (Fsp3) is 0.0714. The Morgan fingerprint density at radius 3 is 1.92 bits per heavy atom. The fourth-order valence-electron chi connectivity index (χ4n) is 1.49. The monoisotopic (exact) mass is 495 g/mol. The van der Waals surface area contributed by atoms with Gasteiger partial charge in [0.2, 0.25) is 0 Å². The second-order valence-electron chi connectivity index (χ2n) is 4.28. The van der Waals surface area contributed by atoms with Gasteiger partial charge >= 0.3 is 5.97 Å². The zero-order chi connectivity index (χ0) is 17.7. The number of benzene rings is 2. The maximum Gasteiger partial charge on any atom is 0.337 e. The predicted molar refractivity (Wildman–Crippen MR) is 106 cm³/mol. The van der Waals surface area contributed by atoms with Gasteiger partial charge in [0.25, 0.3) is 0 Å². The number of aliphatic hydroxyl groups is 1. The maximum absolute atomic E-state index is 10.5. The van der Waals surface area contributed by atoms with Gasteiger partial charge in [-0.05, 0) is 56.1 Å². The first kappa shape index (κ1) is 23.1. The van der Waals surface area contributed by atoms with E-state index in [2.05, 4.69) is 31.9 Å². The minimum atomic E-state index is -1.06. The number of nitrogens with two attached hydrogens (primary N) is 2. The van der Waals surface area contributed by atoms with Crippen molar-refractivity contribution >= 4 is 80.8 Å². The normalized spacial score (nSPS) is 9.54. The molecule has 0 bridgehead atoms. The Morgan fingerprint density at radius 1 is 1.00 bits per heavy atom. The third-order valence-corrected chi connectivity index (χ3v) is 5.07. The summed E-state index contributed by atoms with van der Waals surface area (Å²) in [7, 11) is 0. The van der Waals surface area contributed by atoms with Crippen LogP contribution in [0.5, 0.6) is 0 Å². The zero-order valence-electron chi connectivity index (χ0n) is 12.1. The van der Waals surface area contributed by atoms with Gasteiger partial charge in [0, 0.05) is 34.3 Å². The molecule has 0 spiro atoms. The lowest BCUT2D eigenvalue weighted by atomic mass is 10.2. The molecule has 0 aromatic heterocycles. The summed E-state index contributed by atoms with van der Waals surface area (Å²) in [4.78, 5) is 10.5. The van der Waals surface area contributed by atoms with E-state index in [0.717, 1.165) is 4.47 Å². The highest BCUT2D eigenvalue weighted by Crippen LogP contribution is 2.28. The number of hydrogen-bond acceptors (Lipinski definition) is 4. The summed E-state index contributed by atoms with van der Waals surface area (Å²) in [6.45, 7) is -0.0679. The number of aromatic carboxylic acids is 1. The molecule has 2 rings (SSSR count). The third-order valence-electron chi connectivity index (χ3n) is 2.68. The first-order valence-electron chi connectivity index (χ1n) is 5.99. The second kappa shape index (κ2) is 10.2. The van der Waals surface area contributed by atoms with Crippen molar-refractivity contribution in [3.05, 3.63) is 54.4 Å². The van der Waals surface area contributed by atoms with E-state index in [9.17, 15) is 4.79 Å². The van der Waals surface area contributed by atoms with Crippen LogP contribution >= 0.6 is 55.1 Å². The molecule has 3 radical (unpaired) electrons. The number of halogens is 4. The minimum absolute atomic E-state index is 0. The van der Waals surface area contributed by atoms with E-state index in [1.807, 2.05) is 0 Å². The molecular formula is C14H12BBr2Cl2N2O3. The summed E-state index contributed by atoms with van der Waals surface area (Å²) >= 11 is 17.7. The van der Waals surface area contributed by atoms with Crippen LogP contribution in [0.1, 0.15) is 15.9 Å². The molecule has 2 aromatic rings.